The molecule has 2 atom stereocenters. The molecule has 0 spiro atoms. The first-order valence-electron chi connectivity index (χ1n) is 15.9. The van der Waals surface area contributed by atoms with Gasteiger partial charge in [0.05, 0.1) is 51.8 Å². The second-order valence-corrected chi connectivity index (χ2v) is 13.9. The van der Waals surface area contributed by atoms with E-state index in [4.69, 9.17) is 5.10 Å². The molecule has 2 aliphatic heterocycles. The maximum Gasteiger partial charge on any atom is 0.273 e. The van der Waals surface area contributed by atoms with Gasteiger partial charge in [-0.05, 0) is 38.0 Å². The summed E-state index contributed by atoms with van der Waals surface area (Å²) >= 11 is 0. The minimum atomic E-state index is -1.24. The third kappa shape index (κ3) is 5.57. The van der Waals surface area contributed by atoms with E-state index in [2.05, 4.69) is 43.0 Å². The lowest BCUT2D eigenvalue weighted by atomic mass is 9.93. The summed E-state index contributed by atoms with van der Waals surface area (Å²) < 4.78 is 14.3. The van der Waals surface area contributed by atoms with Gasteiger partial charge in [-0.3, -0.25) is 23.3 Å². The van der Waals surface area contributed by atoms with Gasteiger partial charge in [-0.1, -0.05) is 25.1 Å². The summed E-state index contributed by atoms with van der Waals surface area (Å²) in [7, 11) is 2.30. The predicted octanol–water partition coefficient (Wildman–Crippen LogP) is 3.52. The maximum absolute atomic E-state index is 13.2. The Morgan fingerprint density at radius 2 is 1.79 bits per heavy atom. The molecule has 248 valence electrons. The Bertz CT molecular complexity index is 1970. The van der Waals surface area contributed by atoms with Gasteiger partial charge in [0.15, 0.2) is 11.5 Å². The molecule has 3 aromatic heterocycles. The zero-order chi connectivity index (χ0) is 33.7. The number of nitrogens with zero attached hydrogens (tertiary/aromatic N) is 7. The van der Waals surface area contributed by atoms with E-state index in [-0.39, 0.29) is 41.3 Å². The van der Waals surface area contributed by atoms with Crippen molar-refractivity contribution in [3.63, 3.8) is 0 Å². The van der Waals surface area contributed by atoms with Gasteiger partial charge in [0.25, 0.3) is 11.8 Å². The molecule has 3 N–H and O–H groups in total. The molecule has 7 rings (SSSR count). The van der Waals surface area contributed by atoms with Crippen LogP contribution in [-0.4, -0.2) is 84.7 Å². The number of amides is 3. The highest BCUT2D eigenvalue weighted by atomic mass is 32.2. The highest BCUT2D eigenvalue weighted by Crippen LogP contribution is 2.49. The van der Waals surface area contributed by atoms with Crippen molar-refractivity contribution < 1.29 is 18.6 Å². The highest BCUT2D eigenvalue weighted by Gasteiger charge is 2.39. The van der Waals surface area contributed by atoms with E-state index >= 15 is 0 Å². The van der Waals surface area contributed by atoms with Crippen LogP contribution in [0.4, 0.5) is 22.9 Å². The Morgan fingerprint density at radius 1 is 1.02 bits per heavy atom. The molecular formula is C33H36N10O4S. The molecule has 1 saturated carbocycles. The van der Waals surface area contributed by atoms with E-state index in [1.807, 2.05) is 43.0 Å². The number of hydrogen-bond donors (Lipinski definition) is 3. The monoisotopic (exact) mass is 668 g/mol. The first kappa shape index (κ1) is 31.4. The zero-order valence-electron chi connectivity index (χ0n) is 27.1. The third-order valence-electron chi connectivity index (χ3n) is 9.13. The molecule has 3 aliphatic rings. The number of aromatic nitrogens is 5. The Morgan fingerprint density at radius 3 is 2.52 bits per heavy atom. The first-order valence-corrected chi connectivity index (χ1v) is 17.3. The highest BCUT2D eigenvalue weighted by molar-refractivity contribution is 7.84. The fourth-order valence-electron chi connectivity index (χ4n) is 6.20. The summed E-state index contributed by atoms with van der Waals surface area (Å²) in [4.78, 5) is 46.6. The van der Waals surface area contributed by atoms with Gasteiger partial charge in [-0.2, -0.15) is 5.10 Å². The summed E-state index contributed by atoms with van der Waals surface area (Å²) in [5.41, 5.74) is 5.45. The molecule has 2 fully saturated rings. The molecule has 48 heavy (non-hydrogen) atoms. The van der Waals surface area contributed by atoms with Gasteiger partial charge in [0.2, 0.25) is 5.91 Å². The number of nitrogens with one attached hydrogen (secondary N) is 3. The van der Waals surface area contributed by atoms with E-state index < -0.39 is 16.7 Å². The van der Waals surface area contributed by atoms with E-state index in [0.29, 0.717) is 35.2 Å². The van der Waals surface area contributed by atoms with Crippen LogP contribution in [0.5, 0.6) is 0 Å². The van der Waals surface area contributed by atoms with Gasteiger partial charge >= 0.3 is 0 Å². The summed E-state index contributed by atoms with van der Waals surface area (Å²) in [6.45, 7) is 4.90. The van der Waals surface area contributed by atoms with Crippen molar-refractivity contribution in [1.82, 2.24) is 35.2 Å². The summed E-state index contributed by atoms with van der Waals surface area (Å²) in [5, 5.41) is 22.3. The quantitative estimate of drug-likeness (QED) is 0.240. The number of pyridine rings is 1. The number of carbonyl (C=O) groups excluding carboxylic acids is 3. The van der Waals surface area contributed by atoms with Crippen LogP contribution in [0.15, 0.2) is 53.7 Å². The van der Waals surface area contributed by atoms with E-state index in [0.717, 1.165) is 41.0 Å². The Labute approximate surface area is 279 Å². The van der Waals surface area contributed by atoms with Gasteiger partial charge in [-0.25, -0.2) is 4.98 Å². The van der Waals surface area contributed by atoms with Gasteiger partial charge in [-0.15, -0.1) is 10.2 Å². The molecule has 1 saturated heterocycles. The normalized spacial score (nSPS) is 17.5. The van der Waals surface area contributed by atoms with Crippen LogP contribution in [0.3, 0.4) is 0 Å². The minimum Gasteiger partial charge on any atom is -0.364 e. The number of anilines is 4. The van der Waals surface area contributed by atoms with E-state index in [9.17, 15) is 18.6 Å². The van der Waals surface area contributed by atoms with Crippen molar-refractivity contribution in [1.29, 1.82) is 0 Å². The molecule has 15 heteroatoms. The number of para-hydroxylation sites is 1. The summed E-state index contributed by atoms with van der Waals surface area (Å²) in [6.07, 6.45) is 3.57. The van der Waals surface area contributed by atoms with Crippen molar-refractivity contribution >= 4 is 51.4 Å². The van der Waals surface area contributed by atoms with E-state index in [1.165, 1.54) is 7.05 Å². The standard InChI is InChI=1S/C33H36N10O4S/c1-5-48(47)27-11-7-10-24(37-27)33(46)42-16-20(17-42)43-29-18(2)41(4)30-21(22(29)15-35-43)8-6-9-23(30)36-25-14-26(38-31(44)19-12-13-19)39-40-28(25)32(45)34-3/h6-11,14-15,18-20H,5,12-13,16-17H2,1-4H3,(H,34,45)(H2,36,38,39,44). The summed E-state index contributed by atoms with van der Waals surface area (Å²) in [6, 6.07) is 12.5. The smallest absolute Gasteiger partial charge is 0.273 e. The number of carbonyl (C=O) groups is 3. The zero-order valence-corrected chi connectivity index (χ0v) is 27.9. The Hall–Kier alpha value is -5.18. The van der Waals surface area contributed by atoms with Crippen molar-refractivity contribution in [2.24, 2.45) is 5.92 Å². The van der Waals surface area contributed by atoms with Crippen molar-refractivity contribution in [3.05, 3.63) is 65.7 Å². The van der Waals surface area contributed by atoms with Crippen LogP contribution in [-0.2, 0) is 15.6 Å². The second-order valence-electron chi connectivity index (χ2n) is 12.2. The molecule has 5 heterocycles. The molecule has 4 aromatic rings. The van der Waals surface area contributed by atoms with Crippen LogP contribution in [0.1, 0.15) is 65.4 Å². The fraction of sp³-hybridized carbons (Fsp3) is 0.364. The van der Waals surface area contributed by atoms with Crippen molar-refractivity contribution in [2.45, 2.75) is 43.8 Å². The van der Waals surface area contributed by atoms with Crippen LogP contribution in [0, 0.1) is 5.92 Å². The lowest BCUT2D eigenvalue weighted by Crippen LogP contribution is -2.52. The lowest BCUT2D eigenvalue weighted by molar-refractivity contribution is -0.117. The molecule has 3 amide bonds. The Balaban J connectivity index is 1.15. The molecule has 0 bridgehead atoms. The third-order valence-corrected chi connectivity index (χ3v) is 10.3. The second kappa shape index (κ2) is 12.4. The maximum atomic E-state index is 13.2. The number of benzene rings is 1. The predicted molar refractivity (Wildman–Crippen MR) is 181 cm³/mol. The minimum absolute atomic E-state index is 0.00774. The van der Waals surface area contributed by atoms with Crippen LogP contribution >= 0.6 is 0 Å². The van der Waals surface area contributed by atoms with Gasteiger partial charge in [0, 0.05) is 56.0 Å². The van der Waals surface area contributed by atoms with Crippen molar-refractivity contribution in [3.8, 4) is 11.1 Å². The fourth-order valence-corrected chi connectivity index (χ4v) is 6.93. The molecular weight excluding hydrogens is 632 g/mol. The molecule has 0 radical (unpaired) electrons. The van der Waals surface area contributed by atoms with Crippen LogP contribution in [0.2, 0.25) is 0 Å². The van der Waals surface area contributed by atoms with Crippen LogP contribution < -0.4 is 20.9 Å². The lowest BCUT2D eigenvalue weighted by Gasteiger charge is -2.42. The van der Waals surface area contributed by atoms with Crippen molar-refractivity contribution in [2.75, 3.05) is 48.5 Å². The molecule has 1 aromatic carbocycles. The number of rotatable bonds is 9. The number of fused-ring (bicyclic) bond motifs is 3. The average molecular weight is 669 g/mol. The molecule has 2 unspecified atom stereocenters. The number of hydrogen-bond acceptors (Lipinski definition) is 10. The molecule has 14 nitrogen and oxygen atoms in total. The summed E-state index contributed by atoms with van der Waals surface area (Å²) in [5.74, 6) is -0.00724. The largest absolute Gasteiger partial charge is 0.364 e. The van der Waals surface area contributed by atoms with Gasteiger partial charge in [0.1, 0.15) is 10.7 Å². The molecule has 1 aliphatic carbocycles. The average Bonchev–Trinajstić information content (AvgIpc) is 3.85. The topological polar surface area (TPSA) is 167 Å². The van der Waals surface area contributed by atoms with Gasteiger partial charge < -0.3 is 25.8 Å². The first-order chi connectivity index (χ1) is 23.2. The van der Waals surface area contributed by atoms with Crippen LogP contribution in [0.25, 0.3) is 11.1 Å². The number of likely N-dealkylation sites (tertiary alicyclic amines) is 1. The van der Waals surface area contributed by atoms with E-state index in [1.54, 1.807) is 29.2 Å². The Kier molecular flexibility index (Phi) is 8.15. The SMILES string of the molecule is CCS(=O)c1cccc(C(=O)N2CC(n3ncc4c3C(C)N(C)c3c(Nc5cc(NC(=O)C6CC6)nnc5C(=O)NC)cccc3-4)C2)n1.